The fraction of sp³-hybridized carbons (Fsp3) is 0.0476. The van der Waals surface area contributed by atoms with Crippen molar-refractivity contribution in [3.8, 4) is 11.5 Å². The minimum atomic E-state index is -0.510. The molecule has 0 aromatic heterocycles. The van der Waals surface area contributed by atoms with Crippen LogP contribution in [0, 0.1) is 10.1 Å². The second kappa shape index (κ2) is 8.63. The molecule has 0 fully saturated rings. The SMILES string of the molecule is O=C(Nc1ccc(N=Cc2cc3c(cc2[N+](=O)[O-])OCO3)cc1)c1ccc(Cl)cc1Cl. The molecule has 0 unspecified atom stereocenters. The summed E-state index contributed by atoms with van der Waals surface area (Å²) in [6.45, 7) is 0.0154. The molecule has 1 heterocycles. The predicted molar refractivity (Wildman–Crippen MR) is 117 cm³/mol. The third-order valence-electron chi connectivity index (χ3n) is 4.37. The number of anilines is 1. The van der Waals surface area contributed by atoms with Crippen LogP contribution in [0.3, 0.4) is 0 Å². The van der Waals surface area contributed by atoms with E-state index in [0.29, 0.717) is 33.5 Å². The van der Waals surface area contributed by atoms with E-state index in [2.05, 4.69) is 10.3 Å². The van der Waals surface area contributed by atoms with Gasteiger partial charge in [-0.15, -0.1) is 0 Å². The maximum atomic E-state index is 12.4. The Kier molecular flexibility index (Phi) is 5.75. The van der Waals surface area contributed by atoms with Gasteiger partial charge in [0.05, 0.1) is 32.8 Å². The third-order valence-corrected chi connectivity index (χ3v) is 4.92. The summed E-state index contributed by atoms with van der Waals surface area (Å²) in [7, 11) is 0. The molecule has 0 saturated carbocycles. The highest BCUT2D eigenvalue weighted by Crippen LogP contribution is 2.37. The molecule has 1 N–H and O–H groups in total. The zero-order valence-electron chi connectivity index (χ0n) is 15.7. The van der Waals surface area contributed by atoms with Crippen molar-refractivity contribution in [2.45, 2.75) is 0 Å². The highest BCUT2D eigenvalue weighted by atomic mass is 35.5. The summed E-state index contributed by atoms with van der Waals surface area (Å²) in [5.41, 5.74) is 1.50. The summed E-state index contributed by atoms with van der Waals surface area (Å²) in [6, 6.07) is 14.1. The van der Waals surface area contributed by atoms with Gasteiger partial charge < -0.3 is 14.8 Å². The smallest absolute Gasteiger partial charge is 0.282 e. The fourth-order valence-electron chi connectivity index (χ4n) is 2.86. The molecule has 1 aliphatic heterocycles. The third kappa shape index (κ3) is 4.60. The Labute approximate surface area is 186 Å². The first-order chi connectivity index (χ1) is 14.9. The number of nitrogens with one attached hydrogen (secondary N) is 1. The van der Waals surface area contributed by atoms with E-state index in [1.54, 1.807) is 30.3 Å². The lowest BCUT2D eigenvalue weighted by Gasteiger charge is -2.07. The number of hydrogen-bond donors (Lipinski definition) is 1. The van der Waals surface area contributed by atoms with Crippen molar-refractivity contribution in [1.82, 2.24) is 0 Å². The van der Waals surface area contributed by atoms with Crippen molar-refractivity contribution >= 4 is 52.4 Å². The van der Waals surface area contributed by atoms with Gasteiger partial charge in [0, 0.05) is 16.9 Å². The minimum Gasteiger partial charge on any atom is -0.454 e. The Balaban J connectivity index is 1.50. The van der Waals surface area contributed by atoms with Gasteiger partial charge in [-0.2, -0.15) is 0 Å². The Morgan fingerprint density at radius 1 is 1.06 bits per heavy atom. The maximum Gasteiger partial charge on any atom is 0.282 e. The molecule has 1 amide bonds. The van der Waals surface area contributed by atoms with Crippen LogP contribution < -0.4 is 14.8 Å². The van der Waals surface area contributed by atoms with Crippen LogP contribution in [-0.2, 0) is 0 Å². The first kappa shape index (κ1) is 20.6. The van der Waals surface area contributed by atoms with Gasteiger partial charge in [-0.25, -0.2) is 0 Å². The fourth-order valence-corrected chi connectivity index (χ4v) is 3.35. The van der Waals surface area contributed by atoms with Gasteiger partial charge in [0.25, 0.3) is 11.6 Å². The number of rotatable bonds is 5. The van der Waals surface area contributed by atoms with E-state index in [4.69, 9.17) is 32.7 Å². The molecular formula is C21H13Cl2N3O5. The largest absolute Gasteiger partial charge is 0.454 e. The van der Waals surface area contributed by atoms with Crippen molar-refractivity contribution in [2.24, 2.45) is 4.99 Å². The van der Waals surface area contributed by atoms with E-state index in [1.165, 1.54) is 30.5 Å². The molecular weight excluding hydrogens is 445 g/mol. The molecule has 4 rings (SSSR count). The molecule has 0 atom stereocenters. The number of carbonyl (C=O) groups is 1. The van der Waals surface area contributed by atoms with Gasteiger partial charge >= 0.3 is 0 Å². The number of nitrogens with zero attached hydrogens (tertiary/aromatic N) is 2. The molecule has 31 heavy (non-hydrogen) atoms. The van der Waals surface area contributed by atoms with Crippen LogP contribution in [0.1, 0.15) is 15.9 Å². The Morgan fingerprint density at radius 3 is 2.45 bits per heavy atom. The molecule has 0 spiro atoms. The minimum absolute atomic E-state index is 0.0154. The van der Waals surface area contributed by atoms with Crippen LogP contribution in [0.5, 0.6) is 11.5 Å². The zero-order valence-corrected chi connectivity index (χ0v) is 17.2. The van der Waals surface area contributed by atoms with E-state index < -0.39 is 4.92 Å². The number of nitro benzene ring substituents is 1. The molecule has 156 valence electrons. The standard InChI is InChI=1S/C21H13Cl2N3O5/c22-13-1-6-16(17(23)8-13)21(27)25-15-4-2-14(3-5-15)24-10-12-7-19-20(31-11-30-19)9-18(12)26(28)29/h1-10H,11H2,(H,25,27). The molecule has 10 heteroatoms. The number of hydrogen-bond acceptors (Lipinski definition) is 6. The summed E-state index contributed by atoms with van der Waals surface area (Å²) < 4.78 is 10.4. The highest BCUT2D eigenvalue weighted by molar-refractivity contribution is 6.37. The monoisotopic (exact) mass is 457 g/mol. The number of aliphatic imine (C=N–C) groups is 1. The van der Waals surface area contributed by atoms with Crippen LogP contribution in [0.2, 0.25) is 10.0 Å². The molecule has 3 aromatic rings. The second-order valence-electron chi connectivity index (χ2n) is 6.40. The van der Waals surface area contributed by atoms with Crippen molar-refractivity contribution in [1.29, 1.82) is 0 Å². The normalized spacial score (nSPS) is 12.2. The Hall–Kier alpha value is -3.62. The van der Waals surface area contributed by atoms with Gasteiger partial charge in [0.1, 0.15) is 0 Å². The predicted octanol–water partition coefficient (Wildman–Crippen LogP) is 5.63. The number of benzene rings is 3. The van der Waals surface area contributed by atoms with Crippen LogP contribution in [0.15, 0.2) is 59.6 Å². The summed E-state index contributed by atoms with van der Waals surface area (Å²) in [6.07, 6.45) is 1.38. The molecule has 0 saturated heterocycles. The van der Waals surface area contributed by atoms with Crippen LogP contribution in [0.4, 0.5) is 17.1 Å². The number of halogens is 2. The van der Waals surface area contributed by atoms with Gasteiger partial charge in [0.2, 0.25) is 6.79 Å². The first-order valence-electron chi connectivity index (χ1n) is 8.89. The van der Waals surface area contributed by atoms with E-state index in [-0.39, 0.29) is 29.0 Å². The van der Waals surface area contributed by atoms with Crippen LogP contribution >= 0.6 is 23.2 Å². The van der Waals surface area contributed by atoms with E-state index >= 15 is 0 Å². The van der Waals surface area contributed by atoms with Crippen molar-refractivity contribution in [2.75, 3.05) is 12.1 Å². The number of fused-ring (bicyclic) bond motifs is 1. The topological polar surface area (TPSA) is 103 Å². The average Bonchev–Trinajstić information content (AvgIpc) is 3.20. The average molecular weight is 458 g/mol. The lowest BCUT2D eigenvalue weighted by Crippen LogP contribution is -2.12. The van der Waals surface area contributed by atoms with Crippen LogP contribution in [0.25, 0.3) is 0 Å². The summed E-state index contributed by atoms with van der Waals surface area (Å²) >= 11 is 11.9. The first-order valence-corrected chi connectivity index (χ1v) is 9.65. The number of amides is 1. The molecule has 0 bridgehead atoms. The molecule has 1 aliphatic rings. The van der Waals surface area contributed by atoms with E-state index in [0.717, 1.165) is 0 Å². The van der Waals surface area contributed by atoms with E-state index in [9.17, 15) is 14.9 Å². The summed E-state index contributed by atoms with van der Waals surface area (Å²) in [5, 5.41) is 14.7. The van der Waals surface area contributed by atoms with Gasteiger partial charge in [-0.1, -0.05) is 23.2 Å². The van der Waals surface area contributed by atoms with Crippen LogP contribution in [-0.4, -0.2) is 23.8 Å². The molecule has 8 nitrogen and oxygen atoms in total. The number of carbonyl (C=O) groups excluding carboxylic acids is 1. The molecule has 0 aliphatic carbocycles. The summed E-state index contributed by atoms with van der Waals surface area (Å²) in [4.78, 5) is 27.5. The van der Waals surface area contributed by atoms with Gasteiger partial charge in [0.15, 0.2) is 11.5 Å². The quantitative estimate of drug-likeness (QED) is 0.303. The molecule has 0 radical (unpaired) electrons. The summed E-state index contributed by atoms with van der Waals surface area (Å²) in [5.74, 6) is 0.365. The number of nitro groups is 1. The lowest BCUT2D eigenvalue weighted by molar-refractivity contribution is -0.385. The van der Waals surface area contributed by atoms with Crippen molar-refractivity contribution in [3.05, 3.63) is 85.9 Å². The Bertz CT molecular complexity index is 1210. The molecule has 3 aromatic carbocycles. The van der Waals surface area contributed by atoms with Crippen molar-refractivity contribution < 1.29 is 19.2 Å². The number of ether oxygens (including phenoxy) is 2. The zero-order chi connectivity index (χ0) is 22.0. The van der Waals surface area contributed by atoms with Gasteiger partial charge in [-0.3, -0.25) is 19.9 Å². The van der Waals surface area contributed by atoms with Gasteiger partial charge in [-0.05, 0) is 48.5 Å². The lowest BCUT2D eigenvalue weighted by atomic mass is 10.1. The second-order valence-corrected chi connectivity index (χ2v) is 7.25. The highest BCUT2D eigenvalue weighted by Gasteiger charge is 2.22. The van der Waals surface area contributed by atoms with E-state index in [1.807, 2.05) is 0 Å². The maximum absolute atomic E-state index is 12.4. The van der Waals surface area contributed by atoms with Crippen molar-refractivity contribution in [3.63, 3.8) is 0 Å². The Morgan fingerprint density at radius 2 is 1.77 bits per heavy atom.